The molecular formula is C43H24O. The topological polar surface area (TPSA) is 17.1 Å². The van der Waals surface area contributed by atoms with Crippen molar-refractivity contribution in [2.75, 3.05) is 0 Å². The zero-order valence-electron chi connectivity index (χ0n) is 23.8. The minimum Gasteiger partial charge on any atom is -0.289 e. The molecule has 0 saturated heterocycles. The predicted octanol–water partition coefficient (Wildman–Crippen LogP) is 10.7. The van der Waals surface area contributed by atoms with Crippen LogP contribution in [0.1, 0.15) is 22.3 Å². The van der Waals surface area contributed by atoms with Crippen LogP contribution < -0.4 is 0 Å². The van der Waals surface area contributed by atoms with Gasteiger partial charge in [-0.3, -0.25) is 4.79 Å². The van der Waals surface area contributed by atoms with Gasteiger partial charge in [0, 0.05) is 22.3 Å². The van der Waals surface area contributed by atoms with E-state index in [1.165, 1.54) is 54.9 Å². The van der Waals surface area contributed by atoms with Crippen LogP contribution in [0.25, 0.3) is 77.2 Å². The van der Waals surface area contributed by atoms with E-state index < -0.39 is 0 Å². The number of hydrogen-bond donors (Lipinski definition) is 0. The van der Waals surface area contributed by atoms with Crippen molar-refractivity contribution in [3.8, 4) is 33.4 Å². The molecule has 0 unspecified atom stereocenters. The van der Waals surface area contributed by atoms with Gasteiger partial charge in [0.15, 0.2) is 5.78 Å². The third-order valence-electron chi connectivity index (χ3n) is 9.75. The van der Waals surface area contributed by atoms with E-state index in [1.807, 2.05) is 36.4 Å². The largest absolute Gasteiger partial charge is 0.289 e. The van der Waals surface area contributed by atoms with Gasteiger partial charge in [-0.25, -0.2) is 0 Å². The molecule has 0 aromatic heterocycles. The molecule has 0 bridgehead atoms. The van der Waals surface area contributed by atoms with E-state index in [4.69, 9.17) is 0 Å². The van der Waals surface area contributed by atoms with Gasteiger partial charge < -0.3 is 0 Å². The lowest BCUT2D eigenvalue weighted by atomic mass is 9.88. The first-order valence-corrected chi connectivity index (χ1v) is 15.2. The number of carbonyl (C=O) groups excluding carboxylic acids is 1. The number of fused-ring (bicyclic) bond motifs is 6. The molecule has 0 amide bonds. The number of rotatable bonds is 3. The Morgan fingerprint density at radius 2 is 0.659 bits per heavy atom. The van der Waals surface area contributed by atoms with E-state index in [2.05, 4.69) is 109 Å². The summed E-state index contributed by atoms with van der Waals surface area (Å²) in [6, 6.07) is 51.5. The lowest BCUT2D eigenvalue weighted by molar-refractivity contribution is -0.108. The van der Waals surface area contributed by atoms with E-state index in [0.717, 1.165) is 44.5 Å². The molecule has 0 aliphatic heterocycles. The number of ketones is 1. The van der Waals surface area contributed by atoms with E-state index in [9.17, 15) is 4.79 Å². The fourth-order valence-electron chi connectivity index (χ4n) is 8.00. The van der Waals surface area contributed by atoms with E-state index in [1.54, 1.807) is 0 Å². The highest BCUT2D eigenvalue weighted by Crippen LogP contribution is 2.58. The Bertz CT molecular complexity index is 2370. The molecule has 1 heteroatoms. The monoisotopic (exact) mass is 556 g/mol. The van der Waals surface area contributed by atoms with Crippen molar-refractivity contribution >= 4 is 49.6 Å². The molecule has 0 fully saturated rings. The van der Waals surface area contributed by atoms with Crippen molar-refractivity contribution in [1.82, 2.24) is 0 Å². The van der Waals surface area contributed by atoms with Crippen molar-refractivity contribution in [2.45, 2.75) is 0 Å². The molecule has 202 valence electrons. The van der Waals surface area contributed by atoms with Crippen molar-refractivity contribution in [2.24, 2.45) is 0 Å². The number of carbonyl (C=O) groups is 1. The quantitative estimate of drug-likeness (QED) is 0.212. The second kappa shape index (κ2) is 8.63. The zero-order valence-corrected chi connectivity index (χ0v) is 23.8. The normalized spacial score (nSPS) is 14.2. The number of Topliss-reactive ketones (excluding diaryl/α,β-unsaturated/α-hetero) is 1. The second-order valence-electron chi connectivity index (χ2n) is 11.9. The average molecular weight is 557 g/mol. The summed E-state index contributed by atoms with van der Waals surface area (Å²) in [5, 5.41) is 5.06. The maximum Gasteiger partial charge on any atom is 0.195 e. The molecule has 0 radical (unpaired) electrons. The Morgan fingerprint density at radius 1 is 0.273 bits per heavy atom. The fourth-order valence-corrected chi connectivity index (χ4v) is 8.00. The molecular weight excluding hydrogens is 532 g/mol. The van der Waals surface area contributed by atoms with Crippen LogP contribution in [0.2, 0.25) is 0 Å². The molecule has 0 N–H and O–H groups in total. The van der Waals surface area contributed by atoms with Gasteiger partial charge in [0.1, 0.15) is 0 Å². The van der Waals surface area contributed by atoms with Gasteiger partial charge in [-0.15, -0.1) is 0 Å². The number of hydrogen-bond acceptors (Lipinski definition) is 1. The Kier molecular flexibility index (Phi) is 4.65. The summed E-state index contributed by atoms with van der Waals surface area (Å²) in [6.45, 7) is 0. The first-order valence-electron chi connectivity index (χ1n) is 15.2. The highest BCUT2D eigenvalue weighted by atomic mass is 16.1. The van der Waals surface area contributed by atoms with Crippen LogP contribution in [0.5, 0.6) is 0 Å². The Balaban J connectivity index is 1.28. The zero-order chi connectivity index (χ0) is 28.9. The second-order valence-corrected chi connectivity index (χ2v) is 11.9. The summed E-state index contributed by atoms with van der Waals surface area (Å²) < 4.78 is 0. The van der Waals surface area contributed by atoms with E-state index >= 15 is 0 Å². The Morgan fingerprint density at radius 3 is 1.23 bits per heavy atom. The van der Waals surface area contributed by atoms with Crippen LogP contribution in [0, 0.1) is 0 Å². The van der Waals surface area contributed by atoms with Crippen LogP contribution in [0.3, 0.4) is 0 Å². The van der Waals surface area contributed by atoms with Crippen LogP contribution in [0.4, 0.5) is 0 Å². The Hall–Kier alpha value is -5.79. The summed E-state index contributed by atoms with van der Waals surface area (Å²) in [6.07, 6.45) is 0. The van der Waals surface area contributed by atoms with Gasteiger partial charge in [-0.1, -0.05) is 146 Å². The molecule has 3 aliphatic carbocycles. The molecule has 0 spiro atoms. The van der Waals surface area contributed by atoms with Gasteiger partial charge in [0.05, 0.1) is 0 Å². The summed E-state index contributed by atoms with van der Waals surface area (Å²) in [5.41, 5.74) is 15.6. The maximum absolute atomic E-state index is 14.3. The SMILES string of the molecule is O=C1C(c2ccccc2)=C2C(=C1c1ccccc1)c1ccc(-c3ccc4c5c(cccc35)-c3ccccc3-4)c3cccc2c13. The Labute approximate surface area is 255 Å². The first kappa shape index (κ1) is 23.7. The van der Waals surface area contributed by atoms with Crippen LogP contribution in [-0.4, -0.2) is 5.78 Å². The molecule has 1 nitrogen and oxygen atoms in total. The van der Waals surface area contributed by atoms with E-state index in [0.29, 0.717) is 0 Å². The van der Waals surface area contributed by atoms with Crippen molar-refractivity contribution in [3.63, 3.8) is 0 Å². The molecule has 44 heavy (non-hydrogen) atoms. The lowest BCUT2D eigenvalue weighted by Crippen LogP contribution is -2.02. The van der Waals surface area contributed by atoms with Gasteiger partial charge >= 0.3 is 0 Å². The number of benzene rings is 7. The van der Waals surface area contributed by atoms with Crippen LogP contribution >= 0.6 is 0 Å². The summed E-state index contributed by atoms with van der Waals surface area (Å²) in [7, 11) is 0. The third kappa shape index (κ3) is 2.96. The lowest BCUT2D eigenvalue weighted by Gasteiger charge is -2.14. The van der Waals surface area contributed by atoms with Crippen LogP contribution in [0.15, 0.2) is 146 Å². The van der Waals surface area contributed by atoms with Gasteiger partial charge in [0.2, 0.25) is 0 Å². The molecule has 0 heterocycles. The summed E-state index contributed by atoms with van der Waals surface area (Å²) in [4.78, 5) is 14.3. The summed E-state index contributed by atoms with van der Waals surface area (Å²) in [5.74, 6) is 0.103. The molecule has 7 aromatic rings. The van der Waals surface area contributed by atoms with E-state index in [-0.39, 0.29) is 5.78 Å². The molecule has 7 aromatic carbocycles. The minimum atomic E-state index is 0.103. The van der Waals surface area contributed by atoms with Gasteiger partial charge in [0.25, 0.3) is 0 Å². The third-order valence-corrected chi connectivity index (χ3v) is 9.75. The minimum absolute atomic E-state index is 0.103. The van der Waals surface area contributed by atoms with Gasteiger partial charge in [-0.05, 0) is 77.2 Å². The van der Waals surface area contributed by atoms with Crippen molar-refractivity contribution in [1.29, 1.82) is 0 Å². The highest BCUT2D eigenvalue weighted by molar-refractivity contribution is 6.61. The molecule has 10 rings (SSSR count). The predicted molar refractivity (Wildman–Crippen MR) is 183 cm³/mol. The fraction of sp³-hybridized carbons (Fsp3) is 0. The highest BCUT2D eigenvalue weighted by Gasteiger charge is 2.40. The van der Waals surface area contributed by atoms with Crippen molar-refractivity contribution < 1.29 is 4.79 Å². The standard InChI is InChI=1S/C43H24O/c44-43-37(25-11-3-1-4-12-25)41-35-20-10-19-33-30(22-24-36(40(33)35)42(41)38(43)26-13-5-2-6-14-26)29-21-23-34-28-16-8-7-15-27(28)31-17-9-18-32(29)39(31)34/h1-24H. The summed E-state index contributed by atoms with van der Waals surface area (Å²) >= 11 is 0. The van der Waals surface area contributed by atoms with Gasteiger partial charge in [-0.2, -0.15) is 0 Å². The number of allylic oxidation sites excluding steroid dienone is 4. The molecule has 0 atom stereocenters. The van der Waals surface area contributed by atoms with Crippen molar-refractivity contribution in [3.05, 3.63) is 168 Å². The maximum atomic E-state index is 14.3. The molecule has 3 aliphatic rings. The van der Waals surface area contributed by atoms with Crippen LogP contribution in [-0.2, 0) is 4.79 Å². The average Bonchev–Trinajstić information content (AvgIpc) is 3.69. The first-order chi connectivity index (χ1) is 21.8. The molecule has 0 saturated carbocycles. The smallest absolute Gasteiger partial charge is 0.195 e.